The summed E-state index contributed by atoms with van der Waals surface area (Å²) in [4.78, 5) is 35.5. The third-order valence-corrected chi connectivity index (χ3v) is 2.77. The second-order valence-electron chi connectivity index (χ2n) is 4.17. The maximum Gasteiger partial charge on any atom is 0.305 e. The Balaban J connectivity index is 2.45. The molecule has 0 radical (unpaired) electrons. The van der Waals surface area contributed by atoms with Gasteiger partial charge in [0.05, 0.1) is 13.0 Å². The number of likely N-dealkylation sites (N-methyl/N-ethyl adjacent to an activating group) is 1. The topological polar surface area (TPSA) is 86.7 Å². The summed E-state index contributed by atoms with van der Waals surface area (Å²) in [6.07, 6.45) is -0.105. The summed E-state index contributed by atoms with van der Waals surface area (Å²) >= 11 is 0. The van der Waals surface area contributed by atoms with Crippen LogP contribution in [0, 0.1) is 0 Å². The van der Waals surface area contributed by atoms with Gasteiger partial charge in [-0.1, -0.05) is 18.2 Å². The van der Waals surface area contributed by atoms with Gasteiger partial charge in [-0.25, -0.2) is 0 Å². The normalized spacial score (nSPS) is 9.85. The predicted molar refractivity (Wildman–Crippen MR) is 73.3 cm³/mol. The van der Waals surface area contributed by atoms with Crippen molar-refractivity contribution in [2.45, 2.75) is 13.3 Å². The first-order chi connectivity index (χ1) is 9.54. The number of amides is 2. The van der Waals surface area contributed by atoms with E-state index in [1.807, 2.05) is 0 Å². The van der Waals surface area contributed by atoms with Crippen LogP contribution in [0.4, 0.5) is 0 Å². The zero-order valence-corrected chi connectivity index (χ0v) is 11.3. The first kappa shape index (κ1) is 15.7. The van der Waals surface area contributed by atoms with Crippen LogP contribution in [-0.2, 0) is 9.59 Å². The lowest BCUT2D eigenvalue weighted by Gasteiger charge is -2.20. The van der Waals surface area contributed by atoms with Crippen LogP contribution in [0.25, 0.3) is 0 Å². The van der Waals surface area contributed by atoms with Crippen LogP contribution in [0.5, 0.6) is 0 Å². The van der Waals surface area contributed by atoms with Crippen LogP contribution in [-0.4, -0.2) is 47.4 Å². The molecule has 0 aliphatic heterocycles. The van der Waals surface area contributed by atoms with E-state index in [-0.39, 0.29) is 31.3 Å². The fourth-order valence-corrected chi connectivity index (χ4v) is 1.65. The first-order valence-corrected chi connectivity index (χ1v) is 6.37. The molecule has 20 heavy (non-hydrogen) atoms. The smallest absolute Gasteiger partial charge is 0.305 e. The molecule has 0 aliphatic carbocycles. The van der Waals surface area contributed by atoms with Gasteiger partial charge in [-0.15, -0.1) is 0 Å². The molecular formula is C14H18N2O4. The number of nitrogens with one attached hydrogen (secondary N) is 1. The van der Waals surface area contributed by atoms with Crippen LogP contribution in [0.3, 0.4) is 0 Å². The molecule has 0 atom stereocenters. The van der Waals surface area contributed by atoms with Gasteiger partial charge in [-0.2, -0.15) is 0 Å². The van der Waals surface area contributed by atoms with Gasteiger partial charge in [-0.3, -0.25) is 14.4 Å². The van der Waals surface area contributed by atoms with E-state index in [1.54, 1.807) is 37.3 Å². The molecule has 6 nitrogen and oxygen atoms in total. The molecule has 0 saturated heterocycles. The summed E-state index contributed by atoms with van der Waals surface area (Å²) in [6.45, 7) is 2.18. The third-order valence-electron chi connectivity index (χ3n) is 2.77. The molecule has 0 fully saturated rings. The van der Waals surface area contributed by atoms with Gasteiger partial charge in [-0.05, 0) is 19.1 Å². The summed E-state index contributed by atoms with van der Waals surface area (Å²) in [5.41, 5.74) is 0.480. The van der Waals surface area contributed by atoms with E-state index >= 15 is 0 Å². The maximum atomic E-state index is 11.8. The minimum absolute atomic E-state index is 0.105. The second kappa shape index (κ2) is 7.93. The van der Waals surface area contributed by atoms with Gasteiger partial charge in [0, 0.05) is 18.7 Å². The second-order valence-corrected chi connectivity index (χ2v) is 4.17. The first-order valence-electron chi connectivity index (χ1n) is 6.37. The number of carbonyl (C=O) groups excluding carboxylic acids is 2. The highest BCUT2D eigenvalue weighted by Crippen LogP contribution is 1.98. The lowest BCUT2D eigenvalue weighted by atomic mass is 10.2. The fourth-order valence-electron chi connectivity index (χ4n) is 1.65. The van der Waals surface area contributed by atoms with Crippen LogP contribution < -0.4 is 5.32 Å². The van der Waals surface area contributed by atoms with Gasteiger partial charge in [0.2, 0.25) is 5.91 Å². The van der Waals surface area contributed by atoms with Crippen molar-refractivity contribution in [1.82, 2.24) is 10.2 Å². The number of carboxylic acids is 1. The van der Waals surface area contributed by atoms with Crippen LogP contribution in [0.15, 0.2) is 30.3 Å². The number of nitrogens with zero attached hydrogens (tertiary/aromatic N) is 1. The van der Waals surface area contributed by atoms with Gasteiger partial charge >= 0.3 is 5.97 Å². The molecule has 0 aliphatic rings. The van der Waals surface area contributed by atoms with Crippen LogP contribution in [0.1, 0.15) is 23.7 Å². The predicted octanol–water partition coefficient (Wildman–Crippen LogP) is 0.740. The van der Waals surface area contributed by atoms with Crippen molar-refractivity contribution in [3.05, 3.63) is 35.9 Å². The fraction of sp³-hybridized carbons (Fsp3) is 0.357. The van der Waals surface area contributed by atoms with Crippen molar-refractivity contribution in [1.29, 1.82) is 0 Å². The molecule has 0 bridgehead atoms. The molecular weight excluding hydrogens is 260 g/mol. The number of hydrogen-bond donors (Lipinski definition) is 2. The molecule has 0 unspecified atom stereocenters. The molecule has 2 amide bonds. The van der Waals surface area contributed by atoms with Gasteiger partial charge in [0.25, 0.3) is 5.91 Å². The van der Waals surface area contributed by atoms with E-state index < -0.39 is 5.97 Å². The summed E-state index contributed by atoms with van der Waals surface area (Å²) in [6, 6.07) is 8.58. The summed E-state index contributed by atoms with van der Waals surface area (Å²) in [5, 5.41) is 11.1. The van der Waals surface area contributed by atoms with E-state index in [0.717, 1.165) is 0 Å². The largest absolute Gasteiger partial charge is 0.481 e. The summed E-state index contributed by atoms with van der Waals surface area (Å²) in [5.74, 6) is -1.57. The molecule has 1 aromatic carbocycles. The lowest BCUT2D eigenvalue weighted by molar-refractivity contribution is -0.138. The minimum Gasteiger partial charge on any atom is -0.481 e. The number of hydrogen-bond acceptors (Lipinski definition) is 3. The number of carboxylic acid groups (broad SMARTS) is 1. The Bertz CT molecular complexity index is 473. The van der Waals surface area contributed by atoms with Crippen molar-refractivity contribution in [3.63, 3.8) is 0 Å². The molecule has 0 saturated carbocycles. The van der Waals surface area contributed by atoms with Crippen molar-refractivity contribution in [2.24, 2.45) is 0 Å². The Morgan fingerprint density at radius 2 is 1.85 bits per heavy atom. The van der Waals surface area contributed by atoms with Crippen molar-refractivity contribution in [2.75, 3.05) is 19.6 Å². The average Bonchev–Trinajstić information content (AvgIpc) is 2.46. The molecule has 6 heteroatoms. The van der Waals surface area contributed by atoms with E-state index in [1.165, 1.54) is 4.90 Å². The van der Waals surface area contributed by atoms with Gasteiger partial charge in [0.15, 0.2) is 0 Å². The minimum atomic E-state index is -0.954. The highest BCUT2D eigenvalue weighted by molar-refractivity contribution is 5.96. The lowest BCUT2D eigenvalue weighted by Crippen LogP contribution is -2.41. The molecule has 1 rings (SSSR count). The number of carbonyl (C=O) groups is 3. The molecule has 0 spiro atoms. The molecule has 108 valence electrons. The van der Waals surface area contributed by atoms with E-state index in [2.05, 4.69) is 5.32 Å². The van der Waals surface area contributed by atoms with Gasteiger partial charge < -0.3 is 15.3 Å². The number of rotatable bonds is 7. The quantitative estimate of drug-likeness (QED) is 0.770. The molecule has 1 aromatic rings. The Morgan fingerprint density at radius 3 is 2.40 bits per heavy atom. The molecule has 2 N–H and O–H groups in total. The Morgan fingerprint density at radius 1 is 1.20 bits per heavy atom. The van der Waals surface area contributed by atoms with E-state index in [9.17, 15) is 14.4 Å². The maximum absolute atomic E-state index is 11.8. The van der Waals surface area contributed by atoms with Crippen LogP contribution >= 0.6 is 0 Å². The monoisotopic (exact) mass is 278 g/mol. The molecule has 0 aromatic heterocycles. The Hall–Kier alpha value is -2.37. The molecule has 0 heterocycles. The Labute approximate surface area is 117 Å². The van der Waals surface area contributed by atoms with Gasteiger partial charge in [0.1, 0.15) is 0 Å². The zero-order chi connectivity index (χ0) is 15.0. The Kier molecular flexibility index (Phi) is 6.22. The average molecular weight is 278 g/mol. The van der Waals surface area contributed by atoms with Crippen molar-refractivity contribution in [3.8, 4) is 0 Å². The number of aliphatic carboxylic acids is 1. The van der Waals surface area contributed by atoms with Crippen molar-refractivity contribution < 1.29 is 19.5 Å². The van der Waals surface area contributed by atoms with Crippen LogP contribution in [0.2, 0.25) is 0 Å². The highest BCUT2D eigenvalue weighted by Gasteiger charge is 2.14. The SMILES string of the molecule is CCN(CCC(=O)O)C(=O)CNC(=O)c1ccccc1. The summed E-state index contributed by atoms with van der Waals surface area (Å²) < 4.78 is 0. The number of benzene rings is 1. The standard InChI is InChI=1S/C14H18N2O4/c1-2-16(9-8-13(18)19)12(17)10-15-14(20)11-6-4-3-5-7-11/h3-7H,2,8-10H2,1H3,(H,15,20)(H,18,19). The summed E-state index contributed by atoms with van der Waals surface area (Å²) in [7, 11) is 0. The van der Waals surface area contributed by atoms with Crippen molar-refractivity contribution >= 4 is 17.8 Å². The highest BCUT2D eigenvalue weighted by atomic mass is 16.4. The third kappa shape index (κ3) is 5.09. The van der Waals surface area contributed by atoms with E-state index in [4.69, 9.17) is 5.11 Å². The van der Waals surface area contributed by atoms with E-state index in [0.29, 0.717) is 12.1 Å². The zero-order valence-electron chi connectivity index (χ0n) is 11.3.